The van der Waals surface area contributed by atoms with Crippen LogP contribution in [0.4, 0.5) is 5.95 Å². The first kappa shape index (κ1) is 25.0. The summed E-state index contributed by atoms with van der Waals surface area (Å²) in [5, 5.41) is 4.62. The second-order valence-corrected chi connectivity index (χ2v) is 11.8. The number of hydrogen-bond acceptors (Lipinski definition) is 7. The SMILES string of the molecule is CSCCOCc1cccc2c1ccn2-c1ccnc(NC2CCC(N(C)S(C)(=O)=O)CC2)n1. The molecule has 0 spiro atoms. The Labute approximate surface area is 206 Å². The van der Waals surface area contributed by atoms with Crippen LogP contribution in [0.3, 0.4) is 0 Å². The van der Waals surface area contributed by atoms with E-state index in [9.17, 15) is 8.42 Å². The largest absolute Gasteiger partial charge is 0.376 e. The topological polar surface area (TPSA) is 89.4 Å². The number of hydrogen-bond donors (Lipinski definition) is 1. The fourth-order valence-corrected chi connectivity index (χ4v) is 5.51. The van der Waals surface area contributed by atoms with Crippen LogP contribution in [0.15, 0.2) is 42.7 Å². The van der Waals surface area contributed by atoms with E-state index in [4.69, 9.17) is 9.72 Å². The number of ether oxygens (including phenoxy) is 1. The van der Waals surface area contributed by atoms with Gasteiger partial charge in [0.05, 0.1) is 25.0 Å². The Bertz CT molecular complexity index is 1210. The van der Waals surface area contributed by atoms with Crippen molar-refractivity contribution in [1.82, 2.24) is 18.8 Å². The van der Waals surface area contributed by atoms with Crippen LogP contribution in [0.25, 0.3) is 16.7 Å². The number of fused-ring (bicyclic) bond motifs is 1. The number of nitrogens with one attached hydrogen (secondary N) is 1. The van der Waals surface area contributed by atoms with Crippen molar-refractivity contribution in [2.45, 2.75) is 44.4 Å². The maximum atomic E-state index is 11.8. The van der Waals surface area contributed by atoms with Gasteiger partial charge in [0.25, 0.3) is 0 Å². The first-order valence-electron chi connectivity index (χ1n) is 11.6. The standard InChI is InChI=1S/C24H33N5O3S2/c1-28(34(3,30)31)20-9-7-19(8-10-20)26-24-25-13-11-23(27-24)29-14-12-21-18(5-4-6-22(21)29)17-32-15-16-33-2/h4-6,11-14,19-20H,7-10,15-17H2,1-3H3,(H,25,26,27). The minimum absolute atomic E-state index is 0.0606. The van der Waals surface area contributed by atoms with Gasteiger partial charge >= 0.3 is 0 Å². The number of aromatic nitrogens is 3. The molecule has 1 N–H and O–H groups in total. The third-order valence-corrected chi connectivity index (χ3v) is 8.39. The molecule has 1 aromatic carbocycles. The van der Waals surface area contributed by atoms with Crippen molar-refractivity contribution in [3.63, 3.8) is 0 Å². The van der Waals surface area contributed by atoms with Crippen LogP contribution in [-0.4, -0.2) is 71.3 Å². The van der Waals surface area contributed by atoms with E-state index in [2.05, 4.69) is 45.4 Å². The summed E-state index contributed by atoms with van der Waals surface area (Å²) in [4.78, 5) is 9.20. The van der Waals surface area contributed by atoms with Gasteiger partial charge in [0.1, 0.15) is 5.82 Å². The van der Waals surface area contributed by atoms with Crippen LogP contribution in [0.1, 0.15) is 31.2 Å². The highest BCUT2D eigenvalue weighted by molar-refractivity contribution is 7.98. The summed E-state index contributed by atoms with van der Waals surface area (Å²) in [5.74, 6) is 2.39. The van der Waals surface area contributed by atoms with Gasteiger partial charge in [-0.2, -0.15) is 16.7 Å². The number of rotatable bonds is 10. The predicted octanol–water partition coefficient (Wildman–Crippen LogP) is 3.91. The molecule has 0 amide bonds. The molecule has 0 unspecified atom stereocenters. The summed E-state index contributed by atoms with van der Waals surface area (Å²) in [5.41, 5.74) is 2.25. The van der Waals surface area contributed by atoms with Crippen molar-refractivity contribution in [1.29, 1.82) is 0 Å². The van der Waals surface area contributed by atoms with Crippen LogP contribution in [0.5, 0.6) is 0 Å². The van der Waals surface area contributed by atoms with Gasteiger partial charge < -0.3 is 14.6 Å². The minimum Gasteiger partial charge on any atom is -0.376 e. The Hall–Kier alpha value is -2.14. The normalized spacial score (nSPS) is 19.1. The van der Waals surface area contributed by atoms with E-state index in [0.29, 0.717) is 12.6 Å². The number of anilines is 1. The monoisotopic (exact) mass is 503 g/mol. The molecule has 1 aliphatic carbocycles. The van der Waals surface area contributed by atoms with Crippen molar-refractivity contribution >= 4 is 38.6 Å². The van der Waals surface area contributed by atoms with Crippen molar-refractivity contribution in [3.05, 3.63) is 48.3 Å². The lowest BCUT2D eigenvalue weighted by Gasteiger charge is -2.33. The fraction of sp³-hybridized carbons (Fsp3) is 0.500. The van der Waals surface area contributed by atoms with Crippen LogP contribution in [-0.2, 0) is 21.4 Å². The highest BCUT2D eigenvalue weighted by Crippen LogP contribution is 2.27. The highest BCUT2D eigenvalue weighted by Gasteiger charge is 2.28. The molecule has 0 saturated heterocycles. The van der Waals surface area contributed by atoms with Gasteiger partial charge in [0, 0.05) is 42.7 Å². The number of nitrogens with zero attached hydrogens (tertiary/aromatic N) is 4. The van der Waals surface area contributed by atoms with E-state index >= 15 is 0 Å². The van der Waals surface area contributed by atoms with Gasteiger partial charge in [-0.05, 0) is 55.7 Å². The second kappa shape index (κ2) is 11.1. The van der Waals surface area contributed by atoms with Crippen molar-refractivity contribution in [2.75, 3.05) is 37.2 Å². The van der Waals surface area contributed by atoms with Gasteiger partial charge in [-0.15, -0.1) is 0 Å². The molecule has 3 aromatic rings. The van der Waals surface area contributed by atoms with Crippen LogP contribution in [0, 0.1) is 0 Å². The van der Waals surface area contributed by atoms with Crippen LogP contribution >= 0.6 is 11.8 Å². The third kappa shape index (κ3) is 5.91. The Kier molecular flexibility index (Phi) is 8.13. The number of benzene rings is 1. The van der Waals surface area contributed by atoms with E-state index in [0.717, 1.165) is 54.8 Å². The molecule has 10 heteroatoms. The Morgan fingerprint density at radius 3 is 2.74 bits per heavy atom. The molecule has 1 saturated carbocycles. The molecule has 0 aliphatic heterocycles. The smallest absolute Gasteiger partial charge is 0.224 e. The van der Waals surface area contributed by atoms with Crippen molar-refractivity contribution < 1.29 is 13.2 Å². The lowest BCUT2D eigenvalue weighted by Crippen LogP contribution is -2.41. The highest BCUT2D eigenvalue weighted by atomic mass is 32.2. The molecule has 2 heterocycles. The Balaban J connectivity index is 1.44. The molecular weight excluding hydrogens is 470 g/mol. The molecule has 0 radical (unpaired) electrons. The van der Waals surface area contributed by atoms with Gasteiger partial charge in [-0.3, -0.25) is 0 Å². The summed E-state index contributed by atoms with van der Waals surface area (Å²) >= 11 is 1.78. The molecule has 4 rings (SSSR count). The predicted molar refractivity (Wildman–Crippen MR) is 139 cm³/mol. The zero-order valence-electron chi connectivity index (χ0n) is 20.0. The molecular formula is C24H33N5O3S2. The van der Waals surface area contributed by atoms with Crippen LogP contribution in [0.2, 0.25) is 0 Å². The second-order valence-electron chi connectivity index (χ2n) is 8.75. The minimum atomic E-state index is -3.16. The fourth-order valence-electron chi connectivity index (χ4n) is 4.47. The molecule has 1 fully saturated rings. The maximum Gasteiger partial charge on any atom is 0.224 e. The molecule has 184 valence electrons. The lowest BCUT2D eigenvalue weighted by atomic mass is 9.91. The Morgan fingerprint density at radius 2 is 2.00 bits per heavy atom. The average Bonchev–Trinajstić information content (AvgIpc) is 3.26. The van der Waals surface area contributed by atoms with Crippen molar-refractivity contribution in [3.8, 4) is 5.82 Å². The van der Waals surface area contributed by atoms with Crippen LogP contribution < -0.4 is 5.32 Å². The van der Waals surface area contributed by atoms with Gasteiger partial charge in [0.15, 0.2) is 0 Å². The van der Waals surface area contributed by atoms with E-state index in [-0.39, 0.29) is 12.1 Å². The molecule has 34 heavy (non-hydrogen) atoms. The molecule has 8 nitrogen and oxygen atoms in total. The van der Waals surface area contributed by atoms with Gasteiger partial charge in [-0.1, -0.05) is 12.1 Å². The molecule has 1 aliphatic rings. The average molecular weight is 504 g/mol. The molecule has 0 atom stereocenters. The van der Waals surface area contributed by atoms with E-state index in [1.165, 1.54) is 16.1 Å². The van der Waals surface area contributed by atoms with Gasteiger partial charge in [0.2, 0.25) is 16.0 Å². The summed E-state index contributed by atoms with van der Waals surface area (Å²) in [7, 11) is -1.49. The molecule has 0 bridgehead atoms. The number of thioether (sulfide) groups is 1. The lowest BCUT2D eigenvalue weighted by molar-refractivity contribution is 0.137. The molecule has 2 aromatic heterocycles. The van der Waals surface area contributed by atoms with E-state index in [1.807, 2.05) is 12.3 Å². The summed E-state index contributed by atoms with van der Waals surface area (Å²) in [6.07, 6.45) is 10.6. The zero-order chi connectivity index (χ0) is 24.1. The van der Waals surface area contributed by atoms with Crippen molar-refractivity contribution in [2.24, 2.45) is 0 Å². The van der Waals surface area contributed by atoms with E-state index < -0.39 is 10.0 Å². The first-order chi connectivity index (χ1) is 16.4. The zero-order valence-corrected chi connectivity index (χ0v) is 21.6. The maximum absolute atomic E-state index is 11.8. The summed E-state index contributed by atoms with van der Waals surface area (Å²) in [6.45, 7) is 1.33. The first-order valence-corrected chi connectivity index (χ1v) is 14.8. The number of sulfonamides is 1. The summed E-state index contributed by atoms with van der Waals surface area (Å²) < 4.78 is 33.1. The van der Waals surface area contributed by atoms with E-state index in [1.54, 1.807) is 25.0 Å². The Morgan fingerprint density at radius 1 is 1.21 bits per heavy atom. The van der Waals surface area contributed by atoms with Gasteiger partial charge in [-0.25, -0.2) is 17.7 Å². The summed E-state index contributed by atoms with van der Waals surface area (Å²) in [6, 6.07) is 10.6. The third-order valence-electron chi connectivity index (χ3n) is 6.47. The quantitative estimate of drug-likeness (QED) is 0.420.